The zero-order valence-corrected chi connectivity index (χ0v) is 30.2. The SMILES string of the molecule is C[C@H](NC(=O)OCC1c2ccccc2-c2ccccc21)C(=O)N[C@@H](C)C(=O)N[C@@H](CC(N)=O)C(=O)Nc1ccc(COC(=O)Oc2ccc([N+](=O)[O-])cc2)cc1. The minimum atomic E-state index is -1.41. The Balaban J connectivity index is 1.06. The number of nitrogens with two attached hydrogens (primary N) is 1. The summed E-state index contributed by atoms with van der Waals surface area (Å²) >= 11 is 0. The number of fused-ring (bicyclic) bond motifs is 3. The van der Waals surface area contributed by atoms with Crippen molar-refractivity contribution in [2.45, 2.75) is 50.9 Å². The number of ether oxygens (including phenoxy) is 3. The molecule has 0 unspecified atom stereocenters. The second-order valence-electron chi connectivity index (χ2n) is 12.7. The van der Waals surface area contributed by atoms with Gasteiger partial charge in [-0.25, -0.2) is 9.59 Å². The van der Waals surface area contributed by atoms with E-state index in [1.165, 1.54) is 62.4 Å². The summed E-state index contributed by atoms with van der Waals surface area (Å²) in [6, 6.07) is 22.9. The van der Waals surface area contributed by atoms with Crippen molar-refractivity contribution >= 4 is 47.3 Å². The molecule has 3 atom stereocenters. The predicted molar refractivity (Wildman–Crippen MR) is 200 cm³/mol. The molecule has 0 saturated heterocycles. The van der Waals surface area contributed by atoms with E-state index in [-0.39, 0.29) is 36.3 Å². The summed E-state index contributed by atoms with van der Waals surface area (Å²) in [5.41, 5.74) is 10.1. The van der Waals surface area contributed by atoms with Gasteiger partial charge in [0.25, 0.3) is 5.69 Å². The number of carbonyl (C=O) groups is 6. The largest absolute Gasteiger partial charge is 0.514 e. The Morgan fingerprint density at radius 1 is 0.732 bits per heavy atom. The molecule has 0 bridgehead atoms. The van der Waals surface area contributed by atoms with E-state index in [2.05, 4.69) is 21.3 Å². The van der Waals surface area contributed by atoms with E-state index in [1.54, 1.807) is 0 Å². The number of carbonyl (C=O) groups excluding carboxylic acids is 6. The number of nitro groups is 1. The van der Waals surface area contributed by atoms with Crippen LogP contribution in [-0.4, -0.2) is 65.5 Å². The van der Waals surface area contributed by atoms with Gasteiger partial charge in [0.2, 0.25) is 23.6 Å². The molecule has 290 valence electrons. The molecule has 17 nitrogen and oxygen atoms in total. The number of hydrogen-bond donors (Lipinski definition) is 5. The van der Waals surface area contributed by atoms with Crippen molar-refractivity contribution in [2.75, 3.05) is 11.9 Å². The normalized spacial score (nSPS) is 13.0. The molecular weight excluding hydrogens is 728 g/mol. The first kappa shape index (κ1) is 39.9. The number of nitrogens with zero attached hydrogens (tertiary/aromatic N) is 1. The van der Waals surface area contributed by atoms with Crippen LogP contribution in [0.15, 0.2) is 97.1 Å². The van der Waals surface area contributed by atoms with Crippen molar-refractivity contribution in [3.63, 3.8) is 0 Å². The number of benzene rings is 4. The van der Waals surface area contributed by atoms with Gasteiger partial charge in [-0.2, -0.15) is 0 Å². The van der Waals surface area contributed by atoms with Gasteiger partial charge in [-0.1, -0.05) is 60.7 Å². The lowest BCUT2D eigenvalue weighted by atomic mass is 9.98. The Hall–Kier alpha value is -7.30. The molecule has 5 amide bonds. The van der Waals surface area contributed by atoms with E-state index >= 15 is 0 Å². The fourth-order valence-corrected chi connectivity index (χ4v) is 5.81. The summed E-state index contributed by atoms with van der Waals surface area (Å²) in [5, 5.41) is 20.7. The molecular formula is C39H38N6O11. The minimum Gasteiger partial charge on any atom is -0.449 e. The van der Waals surface area contributed by atoms with Crippen molar-refractivity contribution in [1.82, 2.24) is 16.0 Å². The summed E-state index contributed by atoms with van der Waals surface area (Å²) < 4.78 is 15.5. The average Bonchev–Trinajstić information content (AvgIpc) is 3.49. The van der Waals surface area contributed by atoms with E-state index in [1.807, 2.05) is 48.5 Å². The van der Waals surface area contributed by atoms with Crippen LogP contribution in [0.25, 0.3) is 11.1 Å². The van der Waals surface area contributed by atoms with E-state index in [4.69, 9.17) is 19.9 Å². The molecule has 17 heteroatoms. The number of amides is 5. The molecule has 0 heterocycles. The number of alkyl carbamates (subject to hydrolysis) is 1. The summed E-state index contributed by atoms with van der Waals surface area (Å²) in [7, 11) is 0. The molecule has 56 heavy (non-hydrogen) atoms. The molecule has 0 saturated carbocycles. The second kappa shape index (κ2) is 18.2. The lowest BCUT2D eigenvalue weighted by Crippen LogP contribution is -2.55. The lowest BCUT2D eigenvalue weighted by molar-refractivity contribution is -0.384. The van der Waals surface area contributed by atoms with Crippen molar-refractivity contribution in [3.05, 3.63) is 124 Å². The topological polar surface area (TPSA) is 247 Å². The maximum absolute atomic E-state index is 13.1. The molecule has 0 aromatic heterocycles. The number of rotatable bonds is 15. The van der Waals surface area contributed by atoms with Crippen molar-refractivity contribution in [2.24, 2.45) is 5.73 Å². The highest BCUT2D eigenvalue weighted by atomic mass is 16.7. The molecule has 0 aliphatic heterocycles. The van der Waals surface area contributed by atoms with Crippen LogP contribution in [0.4, 0.5) is 21.0 Å². The van der Waals surface area contributed by atoms with Gasteiger partial charge in [0.15, 0.2) is 0 Å². The van der Waals surface area contributed by atoms with Crippen LogP contribution in [0.5, 0.6) is 5.75 Å². The van der Waals surface area contributed by atoms with Crippen LogP contribution >= 0.6 is 0 Å². The third-order valence-corrected chi connectivity index (χ3v) is 8.69. The number of primary amides is 1. The molecule has 0 radical (unpaired) electrons. The molecule has 4 aromatic carbocycles. The number of non-ortho nitro benzene ring substituents is 1. The molecule has 0 spiro atoms. The van der Waals surface area contributed by atoms with E-state index in [0.717, 1.165) is 22.3 Å². The summed E-state index contributed by atoms with van der Waals surface area (Å²) in [5.74, 6) is -3.30. The zero-order valence-electron chi connectivity index (χ0n) is 30.2. The van der Waals surface area contributed by atoms with E-state index < -0.39 is 65.3 Å². The Bertz CT molecular complexity index is 2080. The summed E-state index contributed by atoms with van der Waals surface area (Å²) in [6.07, 6.45) is -2.43. The Labute approximate surface area is 320 Å². The number of nitro benzene ring substituents is 1. The zero-order chi connectivity index (χ0) is 40.4. The maximum Gasteiger partial charge on any atom is 0.514 e. The fourth-order valence-electron chi connectivity index (χ4n) is 5.81. The van der Waals surface area contributed by atoms with Gasteiger partial charge in [0, 0.05) is 23.7 Å². The van der Waals surface area contributed by atoms with Crippen molar-refractivity contribution in [3.8, 4) is 16.9 Å². The van der Waals surface area contributed by atoms with E-state index in [0.29, 0.717) is 5.56 Å². The van der Waals surface area contributed by atoms with Crippen LogP contribution in [0.2, 0.25) is 0 Å². The van der Waals surface area contributed by atoms with Crippen molar-refractivity contribution < 1.29 is 47.9 Å². The van der Waals surface area contributed by atoms with Gasteiger partial charge < -0.3 is 41.2 Å². The molecule has 6 N–H and O–H groups in total. The first-order valence-electron chi connectivity index (χ1n) is 17.3. The monoisotopic (exact) mass is 766 g/mol. The van der Waals surface area contributed by atoms with Gasteiger partial charge in [-0.15, -0.1) is 0 Å². The van der Waals surface area contributed by atoms with Crippen LogP contribution < -0.4 is 31.7 Å². The smallest absolute Gasteiger partial charge is 0.449 e. The molecule has 1 aliphatic carbocycles. The highest BCUT2D eigenvalue weighted by Gasteiger charge is 2.30. The van der Waals surface area contributed by atoms with E-state index in [9.17, 15) is 38.9 Å². The van der Waals surface area contributed by atoms with Crippen LogP contribution in [-0.2, 0) is 35.3 Å². The fraction of sp³-hybridized carbons (Fsp3) is 0.231. The first-order chi connectivity index (χ1) is 26.8. The van der Waals surface area contributed by atoms with Gasteiger partial charge in [0.05, 0.1) is 11.3 Å². The van der Waals surface area contributed by atoms with Crippen LogP contribution in [0.1, 0.15) is 42.9 Å². The van der Waals surface area contributed by atoms with Gasteiger partial charge in [-0.05, 0) is 65.9 Å². The van der Waals surface area contributed by atoms with Crippen LogP contribution in [0.3, 0.4) is 0 Å². The molecule has 4 aromatic rings. The molecule has 0 fully saturated rings. The Morgan fingerprint density at radius 3 is 1.89 bits per heavy atom. The number of hydrogen-bond acceptors (Lipinski definition) is 11. The highest BCUT2D eigenvalue weighted by Crippen LogP contribution is 2.44. The average molecular weight is 767 g/mol. The van der Waals surface area contributed by atoms with Crippen molar-refractivity contribution in [1.29, 1.82) is 0 Å². The minimum absolute atomic E-state index is 0.0408. The third-order valence-electron chi connectivity index (χ3n) is 8.69. The molecule has 1 aliphatic rings. The number of anilines is 1. The molecule has 5 rings (SSSR count). The maximum atomic E-state index is 13.1. The quantitative estimate of drug-likeness (QED) is 0.0500. The second-order valence-corrected chi connectivity index (χ2v) is 12.7. The summed E-state index contributed by atoms with van der Waals surface area (Å²) in [6.45, 7) is 2.60. The third kappa shape index (κ3) is 10.4. The van der Waals surface area contributed by atoms with Gasteiger partial charge in [0.1, 0.15) is 37.1 Å². The number of nitrogens with one attached hydrogen (secondary N) is 4. The first-order valence-corrected chi connectivity index (χ1v) is 17.3. The summed E-state index contributed by atoms with van der Waals surface area (Å²) in [4.78, 5) is 85.6. The lowest BCUT2D eigenvalue weighted by Gasteiger charge is -2.22. The van der Waals surface area contributed by atoms with Gasteiger partial charge >= 0.3 is 12.2 Å². The Morgan fingerprint density at radius 2 is 1.30 bits per heavy atom. The Kier molecular flexibility index (Phi) is 12.9. The highest BCUT2D eigenvalue weighted by molar-refractivity contribution is 6.00. The standard InChI is InChI=1S/C39H38N6O11/c1-22(41-35(47)23(2)42-38(50)54-21-32-30-9-5-3-7-28(30)29-8-4-6-10-31(29)32)36(48)44-33(19-34(40)46)37(49)43-25-13-11-24(12-14-25)20-55-39(51)56-27-17-15-26(16-18-27)45(52)53/h3-18,22-23,32-33H,19-21H2,1-2H3,(H2,40,46)(H,41,47)(H,42,50)(H,43,49)(H,44,48)/t22-,23-,33-/m0/s1. The predicted octanol–water partition coefficient (Wildman–Crippen LogP) is 4.04. The van der Waals surface area contributed by atoms with Gasteiger partial charge in [-0.3, -0.25) is 29.3 Å². The van der Waals surface area contributed by atoms with Crippen LogP contribution in [0, 0.1) is 10.1 Å².